The van der Waals surface area contributed by atoms with Crippen LogP contribution in [0.3, 0.4) is 0 Å². The van der Waals surface area contributed by atoms with Gasteiger partial charge in [0.05, 0.1) is 64.9 Å². The molecule has 12 nitrogen and oxygen atoms in total. The van der Waals surface area contributed by atoms with Crippen LogP contribution in [0.15, 0.2) is 54.0 Å². The molecule has 41 heavy (non-hydrogen) atoms. The van der Waals surface area contributed by atoms with Crippen LogP contribution in [-0.2, 0) is 28.2 Å². The molecule has 6 aromatic rings. The summed E-state index contributed by atoms with van der Waals surface area (Å²) in [5.74, 6) is 1.39. The molecule has 1 fully saturated rings. The van der Waals surface area contributed by atoms with E-state index in [2.05, 4.69) is 25.6 Å². The maximum atomic E-state index is 13.1. The first-order chi connectivity index (χ1) is 19.6. The monoisotopic (exact) mass is 553 g/mol. The highest BCUT2D eigenvalue weighted by molar-refractivity contribution is 5.95. The fourth-order valence-electron chi connectivity index (χ4n) is 5.99. The Labute approximate surface area is 235 Å². The minimum atomic E-state index is -0.784. The number of anilines is 1. The van der Waals surface area contributed by atoms with Gasteiger partial charge >= 0.3 is 5.69 Å². The number of methoxy groups -OCH3 is 1. The van der Waals surface area contributed by atoms with Gasteiger partial charge in [-0.1, -0.05) is 0 Å². The van der Waals surface area contributed by atoms with E-state index in [-0.39, 0.29) is 5.69 Å². The number of imidazole rings is 3. The van der Waals surface area contributed by atoms with E-state index in [0.717, 1.165) is 50.3 Å². The van der Waals surface area contributed by atoms with Gasteiger partial charge in [-0.15, -0.1) is 0 Å². The lowest BCUT2D eigenvalue weighted by molar-refractivity contribution is 0.0312. The fourth-order valence-corrected chi connectivity index (χ4v) is 5.99. The molecule has 0 unspecified atom stereocenters. The van der Waals surface area contributed by atoms with Crippen molar-refractivity contribution in [3.05, 3.63) is 59.7 Å². The van der Waals surface area contributed by atoms with Gasteiger partial charge in [-0.2, -0.15) is 5.10 Å². The van der Waals surface area contributed by atoms with E-state index in [1.54, 1.807) is 53.7 Å². The zero-order valence-corrected chi connectivity index (χ0v) is 23.8. The minimum absolute atomic E-state index is 0.115. The molecule has 2 aromatic carbocycles. The fraction of sp³-hybridized carbons (Fsp3) is 0.310. The number of hydrogen-bond acceptors (Lipinski definition) is 7. The molecule has 0 amide bonds. The summed E-state index contributed by atoms with van der Waals surface area (Å²) in [7, 11) is 9.03. The summed E-state index contributed by atoms with van der Waals surface area (Å²) in [6.45, 7) is 2.76. The number of rotatable bonds is 5. The second-order valence-corrected chi connectivity index (χ2v) is 11.2. The molecule has 0 atom stereocenters. The van der Waals surface area contributed by atoms with E-state index < -0.39 is 5.60 Å². The van der Waals surface area contributed by atoms with Crippen LogP contribution in [0.4, 0.5) is 5.69 Å². The molecule has 210 valence electrons. The number of nitrogens with zero attached hydrogens (tertiary/aromatic N) is 9. The number of ether oxygens (including phenoxy) is 1. The average Bonchev–Trinajstić information content (AvgIpc) is 3.69. The molecule has 0 bridgehead atoms. The van der Waals surface area contributed by atoms with Gasteiger partial charge in [0.15, 0.2) is 5.82 Å². The van der Waals surface area contributed by atoms with Crippen LogP contribution in [0.1, 0.15) is 6.92 Å². The van der Waals surface area contributed by atoms with Gasteiger partial charge < -0.3 is 19.3 Å². The second-order valence-electron chi connectivity index (χ2n) is 11.2. The number of fused-ring (bicyclic) bond motifs is 2. The third kappa shape index (κ3) is 3.70. The van der Waals surface area contributed by atoms with Crippen molar-refractivity contribution in [2.24, 2.45) is 28.2 Å². The molecule has 0 radical (unpaired) electrons. The molecule has 1 aliphatic rings. The van der Waals surface area contributed by atoms with Crippen molar-refractivity contribution in [2.75, 3.05) is 25.1 Å². The Hall–Kier alpha value is -4.84. The molecular formula is C29H31N9O3. The average molecular weight is 554 g/mol. The quantitative estimate of drug-likeness (QED) is 0.349. The van der Waals surface area contributed by atoms with Gasteiger partial charge in [0.2, 0.25) is 0 Å². The van der Waals surface area contributed by atoms with Crippen LogP contribution < -0.4 is 15.3 Å². The van der Waals surface area contributed by atoms with Crippen LogP contribution in [-0.4, -0.2) is 68.9 Å². The van der Waals surface area contributed by atoms with Gasteiger partial charge in [-0.05, 0) is 25.1 Å². The predicted octanol–water partition coefficient (Wildman–Crippen LogP) is 2.60. The van der Waals surface area contributed by atoms with Crippen molar-refractivity contribution < 1.29 is 9.84 Å². The SMILES string of the molecule is COc1cc2c(cc1-c1cnn(C)c1)nc(-c1cncn1C)n2-c1cc(N2CC(C)(O)C2)c2c(c1)n(C)c(=O)n2C. The maximum Gasteiger partial charge on any atom is 0.328 e. The molecule has 0 aliphatic carbocycles. The normalized spacial score (nSPS) is 14.8. The Morgan fingerprint density at radius 3 is 2.41 bits per heavy atom. The summed E-state index contributed by atoms with van der Waals surface area (Å²) >= 11 is 0. The van der Waals surface area contributed by atoms with Crippen molar-refractivity contribution in [3.8, 4) is 34.1 Å². The zero-order chi connectivity index (χ0) is 28.8. The van der Waals surface area contributed by atoms with Gasteiger partial charge in [-0.25, -0.2) is 14.8 Å². The number of benzene rings is 2. The molecular weight excluding hydrogens is 522 g/mol. The Kier molecular flexibility index (Phi) is 5.26. The van der Waals surface area contributed by atoms with Crippen LogP contribution in [0.25, 0.3) is 50.4 Å². The molecule has 1 saturated heterocycles. The third-order valence-electron chi connectivity index (χ3n) is 8.02. The van der Waals surface area contributed by atoms with Crippen molar-refractivity contribution in [1.82, 2.24) is 38.0 Å². The van der Waals surface area contributed by atoms with Crippen LogP contribution in [0.5, 0.6) is 5.75 Å². The van der Waals surface area contributed by atoms with Crippen molar-refractivity contribution in [2.45, 2.75) is 12.5 Å². The Morgan fingerprint density at radius 2 is 1.78 bits per heavy atom. The summed E-state index contributed by atoms with van der Waals surface area (Å²) in [4.78, 5) is 24.6. The van der Waals surface area contributed by atoms with Crippen molar-refractivity contribution in [3.63, 3.8) is 0 Å². The highest BCUT2D eigenvalue weighted by Gasteiger charge is 2.38. The molecule has 4 aromatic heterocycles. The summed E-state index contributed by atoms with van der Waals surface area (Å²) < 4.78 is 15.0. The number of hydrogen-bond donors (Lipinski definition) is 1. The number of β-amino-alcohol motifs (C(OH)–C–C–N with tert-alkyl or cyclic N) is 1. The van der Waals surface area contributed by atoms with Gasteiger partial charge in [0, 0.05) is 64.7 Å². The van der Waals surface area contributed by atoms with Crippen LogP contribution in [0.2, 0.25) is 0 Å². The van der Waals surface area contributed by atoms with Crippen LogP contribution >= 0.6 is 0 Å². The van der Waals surface area contributed by atoms with E-state index in [4.69, 9.17) is 9.72 Å². The maximum absolute atomic E-state index is 13.1. The largest absolute Gasteiger partial charge is 0.496 e. The number of aryl methyl sites for hydroxylation is 4. The lowest BCUT2D eigenvalue weighted by Gasteiger charge is -2.46. The van der Waals surface area contributed by atoms with E-state index in [9.17, 15) is 9.90 Å². The molecule has 5 heterocycles. The van der Waals surface area contributed by atoms with E-state index in [0.29, 0.717) is 24.7 Å². The third-order valence-corrected chi connectivity index (χ3v) is 8.02. The van der Waals surface area contributed by atoms with Crippen LogP contribution in [0, 0.1) is 0 Å². The van der Waals surface area contributed by atoms with E-state index in [1.807, 2.05) is 50.0 Å². The molecule has 1 N–H and O–H groups in total. The van der Waals surface area contributed by atoms with E-state index in [1.165, 1.54) is 0 Å². The Bertz CT molecular complexity index is 2050. The highest BCUT2D eigenvalue weighted by Crippen LogP contribution is 2.40. The molecule has 0 spiro atoms. The minimum Gasteiger partial charge on any atom is -0.496 e. The lowest BCUT2D eigenvalue weighted by Crippen LogP contribution is -2.60. The molecule has 7 rings (SSSR count). The lowest BCUT2D eigenvalue weighted by atomic mass is 9.95. The first-order valence-electron chi connectivity index (χ1n) is 13.3. The summed E-state index contributed by atoms with van der Waals surface area (Å²) in [5.41, 5.74) is 6.67. The Balaban J connectivity index is 1.55. The Morgan fingerprint density at radius 1 is 1.00 bits per heavy atom. The first kappa shape index (κ1) is 25.1. The molecule has 0 saturated carbocycles. The number of aromatic nitrogens is 8. The first-order valence-corrected chi connectivity index (χ1v) is 13.3. The van der Waals surface area contributed by atoms with Gasteiger partial charge in [0.1, 0.15) is 11.4 Å². The molecule has 1 aliphatic heterocycles. The highest BCUT2D eigenvalue weighted by atomic mass is 16.5. The standard InChI is InChI=1S/C29H31N9O3/c1-29(40)14-37(15-29)23-8-18(7-22-26(23)36(5)28(39)35(22)4)38-21-10-25(41-6)19(17-11-31-34(3)13-17)9-20(21)32-27(38)24-12-30-16-33(24)2/h7-13,16,40H,14-15H2,1-6H3. The predicted molar refractivity (Wildman–Crippen MR) is 157 cm³/mol. The van der Waals surface area contributed by atoms with Crippen molar-refractivity contribution >= 4 is 27.8 Å². The summed E-state index contributed by atoms with van der Waals surface area (Å²) in [5, 5.41) is 14.9. The van der Waals surface area contributed by atoms with Gasteiger partial charge in [-0.3, -0.25) is 18.4 Å². The molecule has 12 heteroatoms. The second kappa shape index (κ2) is 8.58. The van der Waals surface area contributed by atoms with Crippen molar-refractivity contribution in [1.29, 1.82) is 0 Å². The zero-order valence-electron chi connectivity index (χ0n) is 23.8. The van der Waals surface area contributed by atoms with Gasteiger partial charge in [0.25, 0.3) is 0 Å². The summed E-state index contributed by atoms with van der Waals surface area (Å²) in [6.07, 6.45) is 7.29. The topological polar surface area (TPSA) is 113 Å². The smallest absolute Gasteiger partial charge is 0.328 e. The van der Waals surface area contributed by atoms with E-state index >= 15 is 0 Å². The number of aliphatic hydroxyl groups is 1. The summed E-state index contributed by atoms with van der Waals surface area (Å²) in [6, 6.07) is 8.10.